The van der Waals surface area contributed by atoms with Crippen LogP contribution in [0.2, 0.25) is 5.02 Å². The summed E-state index contributed by atoms with van der Waals surface area (Å²) in [7, 11) is 2.23. The second kappa shape index (κ2) is 7.15. The number of rotatable bonds is 4. The predicted molar refractivity (Wildman–Crippen MR) is 103 cm³/mol. The maximum Gasteiger partial charge on any atom is 0.235 e. The summed E-state index contributed by atoms with van der Waals surface area (Å²) in [6.07, 6.45) is 0.757. The molecule has 0 bridgehead atoms. The molecule has 6 nitrogen and oxygen atoms in total. The molecule has 1 aliphatic rings. The lowest BCUT2D eigenvalue weighted by Crippen LogP contribution is -3.27. The maximum absolute atomic E-state index is 10.9. The summed E-state index contributed by atoms with van der Waals surface area (Å²) >= 11 is 7.81. The summed E-state index contributed by atoms with van der Waals surface area (Å²) in [5.74, 6) is 0.967. The summed E-state index contributed by atoms with van der Waals surface area (Å²) in [4.78, 5) is 9.21. The minimum Gasteiger partial charge on any atom is -0.492 e. The molecule has 2 aromatic heterocycles. The monoisotopic (exact) mass is 393 g/mol. The Morgan fingerprint density at radius 2 is 2.08 bits per heavy atom. The number of halogens is 1. The van der Waals surface area contributed by atoms with Crippen molar-refractivity contribution in [2.24, 2.45) is 0 Å². The molecule has 8 heteroatoms. The molecule has 1 fully saturated rings. The number of benzene rings is 1. The molecule has 4 rings (SSSR count). The van der Waals surface area contributed by atoms with E-state index >= 15 is 0 Å². The second-order valence-electron chi connectivity index (χ2n) is 6.97. The van der Waals surface area contributed by atoms with Crippen LogP contribution in [0.25, 0.3) is 4.96 Å². The van der Waals surface area contributed by atoms with Crippen LogP contribution in [0.5, 0.6) is 5.88 Å². The summed E-state index contributed by atoms with van der Waals surface area (Å²) in [5, 5.41) is 16.1. The first kappa shape index (κ1) is 17.7. The molecule has 0 radical (unpaired) electrons. The van der Waals surface area contributed by atoms with E-state index in [-0.39, 0.29) is 11.9 Å². The molecule has 1 aliphatic heterocycles. The zero-order chi connectivity index (χ0) is 18.3. The van der Waals surface area contributed by atoms with Crippen LogP contribution in [0.1, 0.15) is 29.2 Å². The molecular formula is C18H24ClN5OS+2. The number of nitrogens with one attached hydrogen (secondary N) is 2. The van der Waals surface area contributed by atoms with Gasteiger partial charge in [-0.2, -0.15) is 4.52 Å². The highest BCUT2D eigenvalue weighted by molar-refractivity contribution is 7.17. The molecule has 3 aromatic rings. The Hall–Kier alpha value is -1.67. The number of aromatic hydroxyl groups is 1. The Labute approximate surface area is 161 Å². The molecule has 26 heavy (non-hydrogen) atoms. The highest BCUT2D eigenvalue weighted by Crippen LogP contribution is 2.35. The number of nitrogens with zero attached hydrogens (tertiary/aromatic N) is 3. The van der Waals surface area contributed by atoms with Crippen LogP contribution in [-0.2, 0) is 6.42 Å². The fraction of sp³-hybridized carbons (Fsp3) is 0.444. The third-order valence-corrected chi connectivity index (χ3v) is 6.48. The van der Waals surface area contributed by atoms with Crippen LogP contribution in [0.15, 0.2) is 24.3 Å². The highest BCUT2D eigenvalue weighted by atomic mass is 35.5. The third-order valence-electron chi connectivity index (χ3n) is 5.16. The van der Waals surface area contributed by atoms with Gasteiger partial charge in [0.05, 0.1) is 7.05 Å². The Balaban J connectivity index is 1.79. The van der Waals surface area contributed by atoms with E-state index in [1.807, 2.05) is 25.1 Å². The molecule has 1 saturated heterocycles. The smallest absolute Gasteiger partial charge is 0.235 e. The summed E-state index contributed by atoms with van der Waals surface area (Å²) in [6.45, 7) is 6.36. The van der Waals surface area contributed by atoms with E-state index in [1.54, 1.807) is 9.42 Å². The summed E-state index contributed by atoms with van der Waals surface area (Å²) < 4.78 is 1.58. The largest absolute Gasteiger partial charge is 0.492 e. The SMILES string of the molecule is CCc1nc2sc([C@H](c3cccc(Cl)c3)[NH+]3CC[NH+](C)CC3)c(O)n2n1. The van der Waals surface area contributed by atoms with E-state index in [0.717, 1.165) is 58.8 Å². The van der Waals surface area contributed by atoms with Crippen molar-refractivity contribution in [1.29, 1.82) is 0 Å². The molecule has 0 saturated carbocycles. The fourth-order valence-electron chi connectivity index (χ4n) is 3.67. The van der Waals surface area contributed by atoms with Crippen molar-refractivity contribution in [1.82, 2.24) is 14.6 Å². The lowest BCUT2D eigenvalue weighted by Gasteiger charge is -2.33. The average Bonchev–Trinajstić information content (AvgIpc) is 3.17. The fourth-order valence-corrected chi connectivity index (χ4v) is 5.03. The third kappa shape index (κ3) is 3.20. The number of likely N-dealkylation sites (N-methyl/N-ethyl adjacent to an activating group) is 1. The van der Waals surface area contributed by atoms with E-state index in [4.69, 9.17) is 11.6 Å². The molecule has 0 unspecified atom stereocenters. The first-order valence-corrected chi connectivity index (χ1v) is 10.2. The van der Waals surface area contributed by atoms with Crippen LogP contribution in [0.4, 0.5) is 0 Å². The summed E-state index contributed by atoms with van der Waals surface area (Å²) in [5.41, 5.74) is 1.13. The van der Waals surface area contributed by atoms with Gasteiger partial charge in [-0.05, 0) is 12.1 Å². The van der Waals surface area contributed by atoms with Gasteiger partial charge in [0.2, 0.25) is 10.8 Å². The number of aromatic nitrogens is 3. The Morgan fingerprint density at radius 3 is 2.73 bits per heavy atom. The van der Waals surface area contributed by atoms with Gasteiger partial charge >= 0.3 is 0 Å². The number of quaternary nitrogens is 2. The van der Waals surface area contributed by atoms with Crippen LogP contribution in [0.3, 0.4) is 0 Å². The molecule has 3 N–H and O–H groups in total. The minimum atomic E-state index is 0.0420. The van der Waals surface area contributed by atoms with Crippen molar-refractivity contribution in [3.63, 3.8) is 0 Å². The van der Waals surface area contributed by atoms with Gasteiger partial charge in [-0.3, -0.25) is 0 Å². The summed E-state index contributed by atoms with van der Waals surface area (Å²) in [6, 6.07) is 8.02. The number of hydrogen-bond donors (Lipinski definition) is 3. The average molecular weight is 394 g/mol. The topological polar surface area (TPSA) is 59.3 Å². The zero-order valence-corrected chi connectivity index (χ0v) is 16.6. The van der Waals surface area contributed by atoms with E-state index in [0.29, 0.717) is 0 Å². The number of piperazine rings is 1. The molecule has 0 aliphatic carbocycles. The van der Waals surface area contributed by atoms with Gasteiger partial charge in [0.15, 0.2) is 11.9 Å². The lowest BCUT2D eigenvalue weighted by atomic mass is 10.0. The molecule has 138 valence electrons. The maximum atomic E-state index is 10.9. The molecular weight excluding hydrogens is 370 g/mol. The van der Waals surface area contributed by atoms with Gasteiger partial charge in [-0.25, -0.2) is 4.98 Å². The standard InChI is InChI=1S/C18H22ClN5OS/c1-3-14-20-18-24(21-14)17(25)16(26-18)15(12-5-4-6-13(19)11-12)23-9-7-22(2)8-10-23/h4-6,11,15,25H,3,7-10H2,1-2H3/p+2/t15-/m0/s1. The van der Waals surface area contributed by atoms with Crippen molar-refractivity contribution >= 4 is 27.9 Å². The first-order valence-electron chi connectivity index (χ1n) is 9.05. The molecule has 0 amide bonds. The Kier molecular flexibility index (Phi) is 4.88. The van der Waals surface area contributed by atoms with E-state index in [2.05, 4.69) is 23.2 Å². The predicted octanol–water partition coefficient (Wildman–Crippen LogP) is 0.215. The van der Waals surface area contributed by atoms with E-state index in [1.165, 1.54) is 16.2 Å². The number of fused-ring (bicyclic) bond motifs is 1. The number of thiazole rings is 1. The normalized spacial score (nSPS) is 22.0. The van der Waals surface area contributed by atoms with Gasteiger partial charge in [0.25, 0.3) is 0 Å². The Bertz CT molecular complexity index is 916. The zero-order valence-electron chi connectivity index (χ0n) is 15.0. The molecule has 1 atom stereocenters. The van der Waals surface area contributed by atoms with E-state index < -0.39 is 0 Å². The Morgan fingerprint density at radius 1 is 1.31 bits per heavy atom. The quantitative estimate of drug-likeness (QED) is 0.594. The number of hydrogen-bond acceptors (Lipinski definition) is 4. The van der Waals surface area contributed by atoms with Crippen molar-refractivity contribution in [3.8, 4) is 5.88 Å². The van der Waals surface area contributed by atoms with Crippen molar-refractivity contribution < 1.29 is 14.9 Å². The van der Waals surface area contributed by atoms with Crippen LogP contribution in [0, 0.1) is 0 Å². The highest BCUT2D eigenvalue weighted by Gasteiger charge is 2.35. The van der Waals surface area contributed by atoms with Crippen molar-refractivity contribution in [3.05, 3.63) is 45.6 Å². The van der Waals surface area contributed by atoms with Crippen molar-refractivity contribution in [2.75, 3.05) is 33.2 Å². The first-order chi connectivity index (χ1) is 12.6. The molecule has 3 heterocycles. The van der Waals surface area contributed by atoms with E-state index in [9.17, 15) is 5.11 Å². The second-order valence-corrected chi connectivity index (χ2v) is 8.41. The van der Waals surface area contributed by atoms with Gasteiger partial charge in [0, 0.05) is 17.0 Å². The van der Waals surface area contributed by atoms with Crippen molar-refractivity contribution in [2.45, 2.75) is 19.4 Å². The van der Waals surface area contributed by atoms with Gasteiger partial charge in [-0.15, -0.1) is 5.10 Å². The van der Waals surface area contributed by atoms with Crippen LogP contribution in [-0.4, -0.2) is 52.9 Å². The number of aryl methyl sites for hydroxylation is 1. The van der Waals surface area contributed by atoms with Gasteiger partial charge in [0.1, 0.15) is 31.1 Å². The lowest BCUT2D eigenvalue weighted by molar-refractivity contribution is -1.02. The van der Waals surface area contributed by atoms with Gasteiger partial charge in [-0.1, -0.05) is 42.0 Å². The molecule has 1 aromatic carbocycles. The van der Waals surface area contributed by atoms with Crippen LogP contribution >= 0.6 is 22.9 Å². The van der Waals surface area contributed by atoms with Gasteiger partial charge < -0.3 is 14.9 Å². The molecule has 0 spiro atoms. The minimum absolute atomic E-state index is 0.0420. The van der Waals surface area contributed by atoms with Crippen LogP contribution < -0.4 is 9.80 Å².